The van der Waals surface area contributed by atoms with Gasteiger partial charge in [-0.2, -0.15) is 0 Å². The second-order valence-electron chi connectivity index (χ2n) is 6.12. The van der Waals surface area contributed by atoms with Crippen LogP contribution in [0.5, 0.6) is 0 Å². The Balaban J connectivity index is 1.75. The molecule has 4 heteroatoms. The predicted octanol–water partition coefficient (Wildman–Crippen LogP) is 0.341. The van der Waals surface area contributed by atoms with Gasteiger partial charge in [0.05, 0.1) is 12.2 Å². The van der Waals surface area contributed by atoms with Crippen LogP contribution in [0.1, 0.15) is 32.1 Å². The van der Waals surface area contributed by atoms with E-state index in [1.807, 2.05) is 0 Å². The van der Waals surface area contributed by atoms with E-state index in [2.05, 4.69) is 4.90 Å². The van der Waals surface area contributed by atoms with Crippen LogP contribution in [-0.4, -0.2) is 54.5 Å². The van der Waals surface area contributed by atoms with Crippen molar-refractivity contribution in [2.24, 2.45) is 11.1 Å². The summed E-state index contributed by atoms with van der Waals surface area (Å²) in [4.78, 5) is 2.45. The average molecular weight is 240 g/mol. The fraction of sp³-hybridized carbons (Fsp3) is 1.00. The maximum Gasteiger partial charge on any atom is 0.0876 e. The number of nitrogens with zero attached hydrogens (tertiary/aromatic N) is 1. The molecule has 0 aromatic heterocycles. The van der Waals surface area contributed by atoms with Crippen molar-refractivity contribution in [1.82, 2.24) is 4.90 Å². The minimum absolute atomic E-state index is 0.200. The topological polar surface area (TPSA) is 58.7 Å². The first-order valence-corrected chi connectivity index (χ1v) is 6.93. The van der Waals surface area contributed by atoms with Gasteiger partial charge < -0.3 is 15.6 Å². The number of hydrogen-bond acceptors (Lipinski definition) is 4. The van der Waals surface area contributed by atoms with Crippen LogP contribution in [0.3, 0.4) is 0 Å². The average Bonchev–Trinajstić information content (AvgIpc) is 3.14. The summed E-state index contributed by atoms with van der Waals surface area (Å²) in [7, 11) is 0. The minimum atomic E-state index is -0.620. The van der Waals surface area contributed by atoms with Gasteiger partial charge in [-0.25, -0.2) is 0 Å². The normalized spacial score (nSPS) is 44.1. The molecule has 4 nitrogen and oxygen atoms in total. The number of rotatable bonds is 3. The zero-order chi connectivity index (χ0) is 11.9. The maximum atomic E-state index is 11.0. The molecule has 3 fully saturated rings. The Morgan fingerprint density at radius 1 is 1.35 bits per heavy atom. The Labute approximate surface area is 103 Å². The molecule has 0 amide bonds. The number of ether oxygens (including phenoxy) is 1. The van der Waals surface area contributed by atoms with Gasteiger partial charge in [0.2, 0.25) is 0 Å². The Morgan fingerprint density at radius 3 is 2.76 bits per heavy atom. The van der Waals surface area contributed by atoms with Crippen molar-refractivity contribution < 1.29 is 9.84 Å². The van der Waals surface area contributed by atoms with Crippen molar-refractivity contribution in [3.8, 4) is 0 Å². The molecular weight excluding hydrogens is 216 g/mol. The summed E-state index contributed by atoms with van der Waals surface area (Å²) < 4.78 is 5.61. The van der Waals surface area contributed by atoms with Crippen LogP contribution in [0.15, 0.2) is 0 Å². The van der Waals surface area contributed by atoms with Gasteiger partial charge >= 0.3 is 0 Å². The first-order chi connectivity index (χ1) is 8.19. The van der Waals surface area contributed by atoms with Crippen molar-refractivity contribution in [2.75, 3.05) is 32.8 Å². The third-order valence-electron chi connectivity index (χ3n) is 5.04. The van der Waals surface area contributed by atoms with Crippen molar-refractivity contribution in [2.45, 2.75) is 43.7 Å². The van der Waals surface area contributed by atoms with Crippen LogP contribution in [0, 0.1) is 5.41 Å². The molecule has 2 atom stereocenters. The van der Waals surface area contributed by atoms with Crippen molar-refractivity contribution in [1.29, 1.82) is 0 Å². The lowest BCUT2D eigenvalue weighted by Gasteiger charge is -2.47. The molecule has 3 aliphatic rings. The van der Waals surface area contributed by atoms with Crippen LogP contribution >= 0.6 is 0 Å². The first-order valence-electron chi connectivity index (χ1n) is 6.93. The molecule has 2 heterocycles. The van der Waals surface area contributed by atoms with Gasteiger partial charge in [0.1, 0.15) is 0 Å². The Kier molecular flexibility index (Phi) is 2.94. The fourth-order valence-corrected chi connectivity index (χ4v) is 3.58. The van der Waals surface area contributed by atoms with Crippen LogP contribution in [0.4, 0.5) is 0 Å². The lowest BCUT2D eigenvalue weighted by molar-refractivity contribution is -0.136. The highest BCUT2D eigenvalue weighted by Crippen LogP contribution is 2.45. The monoisotopic (exact) mass is 240 g/mol. The number of β-amino-alcohol motifs (C(OH)–C–C–N with tert-alkyl or cyclic N) is 1. The van der Waals surface area contributed by atoms with E-state index >= 15 is 0 Å². The molecule has 0 aromatic carbocycles. The third kappa shape index (κ3) is 1.91. The van der Waals surface area contributed by atoms with Gasteiger partial charge in [-0.3, -0.25) is 4.90 Å². The molecule has 0 radical (unpaired) electrons. The van der Waals surface area contributed by atoms with E-state index in [9.17, 15) is 5.11 Å². The Hall–Kier alpha value is -0.160. The summed E-state index contributed by atoms with van der Waals surface area (Å²) in [6, 6.07) is 0.739. The molecule has 1 aliphatic carbocycles. The summed E-state index contributed by atoms with van der Waals surface area (Å²) in [6.07, 6.45) is 5.52. The van der Waals surface area contributed by atoms with E-state index in [0.29, 0.717) is 13.2 Å². The highest BCUT2D eigenvalue weighted by atomic mass is 16.5. The molecular formula is C13H24N2O2. The third-order valence-corrected chi connectivity index (χ3v) is 5.04. The van der Waals surface area contributed by atoms with Crippen molar-refractivity contribution >= 4 is 0 Å². The SMILES string of the molecule is NCC1(C2(O)CCN(C3CC3)C2)CCCOC1. The van der Waals surface area contributed by atoms with E-state index < -0.39 is 5.60 Å². The van der Waals surface area contributed by atoms with Gasteiger partial charge in [-0.15, -0.1) is 0 Å². The number of aliphatic hydroxyl groups is 1. The predicted molar refractivity (Wildman–Crippen MR) is 65.7 cm³/mol. The maximum absolute atomic E-state index is 11.0. The highest BCUT2D eigenvalue weighted by molar-refractivity contribution is 5.08. The molecule has 2 aliphatic heterocycles. The second-order valence-corrected chi connectivity index (χ2v) is 6.12. The summed E-state index contributed by atoms with van der Waals surface area (Å²) in [5, 5.41) is 11.0. The minimum Gasteiger partial charge on any atom is -0.388 e. The lowest BCUT2D eigenvalue weighted by atomic mass is 9.68. The first kappa shape index (κ1) is 11.9. The van der Waals surface area contributed by atoms with Gasteiger partial charge in [0, 0.05) is 37.7 Å². The molecule has 98 valence electrons. The highest BCUT2D eigenvalue weighted by Gasteiger charge is 2.55. The Morgan fingerprint density at radius 2 is 2.18 bits per heavy atom. The van der Waals surface area contributed by atoms with E-state index in [0.717, 1.165) is 45.0 Å². The number of likely N-dealkylation sites (tertiary alicyclic amines) is 1. The summed E-state index contributed by atoms with van der Waals surface area (Å²) >= 11 is 0. The summed E-state index contributed by atoms with van der Waals surface area (Å²) in [6.45, 7) is 3.84. The second kappa shape index (κ2) is 4.19. The molecule has 3 N–H and O–H groups in total. The van der Waals surface area contributed by atoms with Gasteiger partial charge in [-0.1, -0.05) is 0 Å². The lowest BCUT2D eigenvalue weighted by Crippen LogP contribution is -2.58. The van der Waals surface area contributed by atoms with E-state index in [1.165, 1.54) is 12.8 Å². The van der Waals surface area contributed by atoms with E-state index in [-0.39, 0.29) is 5.41 Å². The molecule has 0 aromatic rings. The molecule has 3 rings (SSSR count). The van der Waals surface area contributed by atoms with Crippen LogP contribution < -0.4 is 5.73 Å². The Bertz CT molecular complexity index is 287. The molecule has 0 spiro atoms. The fourth-order valence-electron chi connectivity index (χ4n) is 3.58. The van der Waals surface area contributed by atoms with Crippen LogP contribution in [0.2, 0.25) is 0 Å². The molecule has 2 saturated heterocycles. The zero-order valence-corrected chi connectivity index (χ0v) is 10.5. The van der Waals surface area contributed by atoms with Gasteiger partial charge in [0.25, 0.3) is 0 Å². The summed E-state index contributed by atoms with van der Waals surface area (Å²) in [5.74, 6) is 0. The van der Waals surface area contributed by atoms with E-state index in [1.54, 1.807) is 0 Å². The molecule has 2 unspecified atom stereocenters. The van der Waals surface area contributed by atoms with Crippen molar-refractivity contribution in [3.63, 3.8) is 0 Å². The molecule has 17 heavy (non-hydrogen) atoms. The smallest absolute Gasteiger partial charge is 0.0876 e. The van der Waals surface area contributed by atoms with Crippen LogP contribution in [0.25, 0.3) is 0 Å². The summed E-state index contributed by atoms with van der Waals surface area (Å²) in [5.41, 5.74) is 5.16. The molecule has 0 bridgehead atoms. The van der Waals surface area contributed by atoms with E-state index in [4.69, 9.17) is 10.5 Å². The molecule has 1 saturated carbocycles. The van der Waals surface area contributed by atoms with Gasteiger partial charge in [0.15, 0.2) is 0 Å². The quantitative estimate of drug-likeness (QED) is 0.747. The standard InChI is InChI=1S/C13H24N2O2/c14-8-12(4-1-7-17-10-12)13(16)5-6-15(9-13)11-2-3-11/h11,16H,1-10,14H2. The van der Waals surface area contributed by atoms with Crippen LogP contribution in [-0.2, 0) is 4.74 Å². The van der Waals surface area contributed by atoms with Crippen molar-refractivity contribution in [3.05, 3.63) is 0 Å². The number of nitrogens with two attached hydrogens (primary N) is 1. The van der Waals surface area contributed by atoms with Gasteiger partial charge in [-0.05, 0) is 32.1 Å². The number of hydrogen-bond donors (Lipinski definition) is 2. The largest absolute Gasteiger partial charge is 0.388 e. The zero-order valence-electron chi connectivity index (χ0n) is 10.5.